The number of nitrogens with one attached hydrogen (secondary N) is 1. The Morgan fingerprint density at radius 1 is 1.39 bits per heavy atom. The molecule has 2 rings (SSSR count). The Morgan fingerprint density at radius 3 is 2.83 bits per heavy atom. The van der Waals surface area contributed by atoms with Crippen molar-refractivity contribution < 1.29 is 8.78 Å². The van der Waals surface area contributed by atoms with Crippen molar-refractivity contribution in [1.82, 2.24) is 10.3 Å². The number of hydrogen-bond donors (Lipinski definition) is 1. The van der Waals surface area contributed by atoms with E-state index in [0.29, 0.717) is 12.1 Å². The molecular formula is C13H14F2N2S. The van der Waals surface area contributed by atoms with Crippen molar-refractivity contribution >= 4 is 11.3 Å². The maximum atomic E-state index is 13.5. The van der Waals surface area contributed by atoms with Crippen LogP contribution in [0, 0.1) is 18.6 Å². The molecule has 0 saturated carbocycles. The lowest BCUT2D eigenvalue weighted by atomic mass is 10.1. The first-order valence-electron chi connectivity index (χ1n) is 5.65. The van der Waals surface area contributed by atoms with E-state index >= 15 is 0 Å². The van der Waals surface area contributed by atoms with Gasteiger partial charge in [0.15, 0.2) is 0 Å². The van der Waals surface area contributed by atoms with Gasteiger partial charge >= 0.3 is 0 Å². The molecule has 1 aromatic carbocycles. The van der Waals surface area contributed by atoms with E-state index in [1.165, 1.54) is 6.07 Å². The lowest BCUT2D eigenvalue weighted by molar-refractivity contribution is 0.520. The molecule has 0 radical (unpaired) electrons. The number of aromatic nitrogens is 1. The van der Waals surface area contributed by atoms with Gasteiger partial charge in [-0.1, -0.05) is 0 Å². The molecule has 0 amide bonds. The number of benzene rings is 1. The Labute approximate surface area is 109 Å². The van der Waals surface area contributed by atoms with E-state index in [0.717, 1.165) is 22.7 Å². The van der Waals surface area contributed by atoms with Crippen LogP contribution >= 0.6 is 11.3 Å². The standard InChI is InChI=1S/C13H14F2N2S/c1-8(11-5-10(14)3-4-12(11)15)16-6-13-9(2)17-7-18-13/h3-5,7-8,16H,6H2,1-2H3. The molecule has 0 aliphatic carbocycles. The van der Waals surface area contributed by atoms with Crippen LogP contribution in [0.25, 0.3) is 0 Å². The Balaban J connectivity index is 2.06. The monoisotopic (exact) mass is 268 g/mol. The van der Waals surface area contributed by atoms with Gasteiger partial charge in [-0.2, -0.15) is 0 Å². The second-order valence-corrected chi connectivity index (χ2v) is 5.07. The van der Waals surface area contributed by atoms with Gasteiger partial charge in [-0.15, -0.1) is 11.3 Å². The van der Waals surface area contributed by atoms with E-state index in [1.54, 1.807) is 16.8 Å². The third-order valence-corrected chi connectivity index (χ3v) is 3.77. The smallest absolute Gasteiger partial charge is 0.128 e. The van der Waals surface area contributed by atoms with Crippen molar-refractivity contribution in [3.8, 4) is 0 Å². The molecule has 18 heavy (non-hydrogen) atoms. The van der Waals surface area contributed by atoms with Gasteiger partial charge in [-0.3, -0.25) is 0 Å². The molecule has 0 fully saturated rings. The zero-order valence-electron chi connectivity index (χ0n) is 10.2. The van der Waals surface area contributed by atoms with Crippen LogP contribution in [0.5, 0.6) is 0 Å². The summed E-state index contributed by atoms with van der Waals surface area (Å²) < 4.78 is 26.6. The van der Waals surface area contributed by atoms with Gasteiger partial charge in [0, 0.05) is 23.0 Å². The summed E-state index contributed by atoms with van der Waals surface area (Å²) >= 11 is 1.55. The molecule has 0 aliphatic heterocycles. The summed E-state index contributed by atoms with van der Waals surface area (Å²) in [6, 6.07) is 3.26. The molecule has 2 aromatic rings. The first kappa shape index (κ1) is 13.1. The molecule has 1 heterocycles. The number of thiazole rings is 1. The fourth-order valence-electron chi connectivity index (χ4n) is 1.70. The lowest BCUT2D eigenvalue weighted by Crippen LogP contribution is -2.19. The van der Waals surface area contributed by atoms with Crippen molar-refractivity contribution in [1.29, 1.82) is 0 Å². The third-order valence-electron chi connectivity index (χ3n) is 2.84. The summed E-state index contributed by atoms with van der Waals surface area (Å²) in [5, 5.41) is 3.17. The normalized spacial score (nSPS) is 12.7. The predicted octanol–water partition coefficient (Wildman–Crippen LogP) is 3.58. The molecule has 96 valence electrons. The van der Waals surface area contributed by atoms with Crippen molar-refractivity contribution in [3.63, 3.8) is 0 Å². The highest BCUT2D eigenvalue weighted by molar-refractivity contribution is 7.09. The van der Waals surface area contributed by atoms with Crippen molar-refractivity contribution in [2.75, 3.05) is 0 Å². The molecule has 5 heteroatoms. The number of halogens is 2. The summed E-state index contributed by atoms with van der Waals surface area (Å²) in [6.07, 6.45) is 0. The van der Waals surface area contributed by atoms with Crippen molar-refractivity contribution in [2.24, 2.45) is 0 Å². The first-order valence-corrected chi connectivity index (χ1v) is 6.53. The zero-order chi connectivity index (χ0) is 13.1. The average molecular weight is 268 g/mol. The average Bonchev–Trinajstić information content (AvgIpc) is 2.75. The van der Waals surface area contributed by atoms with Crippen LogP contribution in [0.4, 0.5) is 8.78 Å². The van der Waals surface area contributed by atoms with E-state index in [9.17, 15) is 8.78 Å². The first-order chi connectivity index (χ1) is 8.58. The van der Waals surface area contributed by atoms with E-state index in [4.69, 9.17) is 0 Å². The molecule has 0 aliphatic rings. The SMILES string of the molecule is Cc1ncsc1CNC(C)c1cc(F)ccc1F. The fraction of sp³-hybridized carbons (Fsp3) is 0.308. The fourth-order valence-corrected chi connectivity index (χ4v) is 2.43. The Kier molecular flexibility index (Phi) is 4.04. The van der Waals surface area contributed by atoms with Crippen molar-refractivity contribution in [3.05, 3.63) is 51.5 Å². The predicted molar refractivity (Wildman–Crippen MR) is 68.5 cm³/mol. The summed E-state index contributed by atoms with van der Waals surface area (Å²) in [6.45, 7) is 4.35. The maximum absolute atomic E-state index is 13.5. The molecule has 1 N–H and O–H groups in total. The van der Waals surface area contributed by atoms with Gasteiger partial charge in [0.25, 0.3) is 0 Å². The van der Waals surface area contributed by atoms with Gasteiger partial charge < -0.3 is 5.32 Å². The zero-order valence-corrected chi connectivity index (χ0v) is 11.0. The molecule has 2 nitrogen and oxygen atoms in total. The maximum Gasteiger partial charge on any atom is 0.128 e. The van der Waals surface area contributed by atoms with Crippen LogP contribution in [0.15, 0.2) is 23.7 Å². The Hall–Kier alpha value is -1.33. The third kappa shape index (κ3) is 2.91. The van der Waals surface area contributed by atoms with Crippen LogP contribution < -0.4 is 5.32 Å². The van der Waals surface area contributed by atoms with Gasteiger partial charge in [0.2, 0.25) is 0 Å². The molecule has 0 saturated heterocycles. The second-order valence-electron chi connectivity index (χ2n) is 4.13. The summed E-state index contributed by atoms with van der Waals surface area (Å²) in [5.74, 6) is -0.813. The highest BCUT2D eigenvalue weighted by atomic mass is 32.1. The number of hydrogen-bond acceptors (Lipinski definition) is 3. The number of nitrogens with zero attached hydrogens (tertiary/aromatic N) is 1. The second kappa shape index (κ2) is 5.54. The molecule has 0 spiro atoms. The minimum absolute atomic E-state index is 0.248. The van der Waals surface area contributed by atoms with Crippen LogP contribution in [0.3, 0.4) is 0 Å². The van der Waals surface area contributed by atoms with Crippen LogP contribution in [0.2, 0.25) is 0 Å². The van der Waals surface area contributed by atoms with Gasteiger partial charge in [0.05, 0.1) is 11.2 Å². The Bertz CT molecular complexity index is 540. The molecular weight excluding hydrogens is 254 g/mol. The van der Waals surface area contributed by atoms with E-state index in [2.05, 4.69) is 10.3 Å². The molecule has 1 unspecified atom stereocenters. The van der Waals surface area contributed by atoms with E-state index < -0.39 is 11.6 Å². The van der Waals surface area contributed by atoms with Gasteiger partial charge in [-0.25, -0.2) is 13.8 Å². The highest BCUT2D eigenvalue weighted by Crippen LogP contribution is 2.19. The van der Waals surface area contributed by atoms with Crippen LogP contribution in [-0.2, 0) is 6.54 Å². The minimum atomic E-state index is -0.422. The van der Waals surface area contributed by atoms with Crippen molar-refractivity contribution in [2.45, 2.75) is 26.4 Å². The molecule has 0 bridgehead atoms. The quantitative estimate of drug-likeness (QED) is 0.916. The highest BCUT2D eigenvalue weighted by Gasteiger charge is 2.12. The number of rotatable bonds is 4. The summed E-state index contributed by atoms with van der Waals surface area (Å²) in [5.41, 5.74) is 3.09. The lowest BCUT2D eigenvalue weighted by Gasteiger charge is -2.14. The van der Waals surface area contributed by atoms with Gasteiger partial charge in [-0.05, 0) is 32.0 Å². The molecule has 1 atom stereocenters. The Morgan fingerprint density at radius 2 is 2.17 bits per heavy atom. The number of aryl methyl sites for hydroxylation is 1. The minimum Gasteiger partial charge on any atom is -0.305 e. The summed E-state index contributed by atoms with van der Waals surface area (Å²) in [7, 11) is 0. The summed E-state index contributed by atoms with van der Waals surface area (Å²) in [4.78, 5) is 5.25. The molecule has 1 aromatic heterocycles. The van der Waals surface area contributed by atoms with E-state index in [1.807, 2.05) is 13.8 Å². The van der Waals surface area contributed by atoms with Crippen LogP contribution in [0.1, 0.15) is 29.1 Å². The van der Waals surface area contributed by atoms with Crippen LogP contribution in [-0.4, -0.2) is 4.98 Å². The topological polar surface area (TPSA) is 24.9 Å². The van der Waals surface area contributed by atoms with Gasteiger partial charge in [0.1, 0.15) is 11.6 Å². The van der Waals surface area contributed by atoms with E-state index in [-0.39, 0.29) is 6.04 Å². The largest absolute Gasteiger partial charge is 0.305 e.